The molecule has 0 aliphatic carbocycles. The van der Waals surface area contributed by atoms with Crippen molar-refractivity contribution in [1.29, 1.82) is 0 Å². The zero-order valence-electron chi connectivity index (χ0n) is 11.1. The SMILES string of the molecule is COc1cc(C)cc(C)c1C(C)(C)CC(=O)I. The van der Waals surface area contributed by atoms with E-state index in [2.05, 4.69) is 33.8 Å². The Balaban J connectivity index is 3.33. The second kappa shape index (κ2) is 5.38. The van der Waals surface area contributed by atoms with Crippen molar-refractivity contribution in [2.75, 3.05) is 7.11 Å². The molecule has 0 fully saturated rings. The highest BCUT2D eigenvalue weighted by Gasteiger charge is 2.28. The number of hydrogen-bond acceptors (Lipinski definition) is 2. The van der Waals surface area contributed by atoms with Gasteiger partial charge < -0.3 is 4.74 Å². The Bertz CT molecular complexity index is 436. The Morgan fingerprint density at radius 2 is 1.94 bits per heavy atom. The number of carbonyl (C=O) groups excluding carboxylic acids is 1. The molecule has 3 heteroatoms. The lowest BCUT2D eigenvalue weighted by atomic mass is 9.78. The minimum atomic E-state index is -0.193. The zero-order valence-corrected chi connectivity index (χ0v) is 13.2. The van der Waals surface area contributed by atoms with Gasteiger partial charge in [0.2, 0.25) is 0 Å². The molecule has 0 amide bonds. The quantitative estimate of drug-likeness (QED) is 0.610. The van der Waals surface area contributed by atoms with Crippen LogP contribution in [0.2, 0.25) is 0 Å². The minimum Gasteiger partial charge on any atom is -0.496 e. The van der Waals surface area contributed by atoms with E-state index in [0.717, 1.165) is 11.3 Å². The maximum atomic E-state index is 11.4. The standard InChI is InChI=1S/C14H19IO2/c1-9-6-10(2)13(11(7-9)17-5)14(3,4)8-12(15)16/h6-7H,8H2,1-5H3. The fraction of sp³-hybridized carbons (Fsp3) is 0.500. The Morgan fingerprint density at radius 3 is 2.41 bits per heavy atom. The molecule has 0 aromatic heterocycles. The smallest absolute Gasteiger partial charge is 0.193 e. The molecule has 0 radical (unpaired) electrons. The summed E-state index contributed by atoms with van der Waals surface area (Å²) in [5, 5.41) is 0. The van der Waals surface area contributed by atoms with Crippen LogP contribution in [-0.4, -0.2) is 10.9 Å². The van der Waals surface area contributed by atoms with Crippen molar-refractivity contribution < 1.29 is 9.53 Å². The molecule has 0 unspecified atom stereocenters. The van der Waals surface area contributed by atoms with Gasteiger partial charge in [0, 0.05) is 17.4 Å². The average molecular weight is 346 g/mol. The second-order valence-electron chi connectivity index (χ2n) is 5.07. The molecule has 1 rings (SSSR count). The molecule has 0 atom stereocenters. The lowest BCUT2D eigenvalue weighted by Gasteiger charge is -2.28. The predicted octanol–water partition coefficient (Wildman–Crippen LogP) is 3.94. The van der Waals surface area contributed by atoms with E-state index in [1.807, 2.05) is 28.7 Å². The van der Waals surface area contributed by atoms with Crippen molar-refractivity contribution in [3.63, 3.8) is 0 Å². The first kappa shape index (κ1) is 14.5. The van der Waals surface area contributed by atoms with E-state index in [1.54, 1.807) is 7.11 Å². The minimum absolute atomic E-state index is 0.176. The third-order valence-corrected chi connectivity index (χ3v) is 3.30. The van der Waals surface area contributed by atoms with Crippen LogP contribution in [0, 0.1) is 13.8 Å². The Labute approximate surface area is 117 Å². The van der Waals surface area contributed by atoms with Crippen molar-refractivity contribution in [2.45, 2.75) is 39.5 Å². The topological polar surface area (TPSA) is 26.3 Å². The van der Waals surface area contributed by atoms with Gasteiger partial charge in [0.15, 0.2) is 3.79 Å². The van der Waals surface area contributed by atoms with Gasteiger partial charge >= 0.3 is 0 Å². The summed E-state index contributed by atoms with van der Waals surface area (Å²) in [7, 11) is 1.68. The molecule has 1 aromatic rings. The molecule has 0 saturated heterocycles. The van der Waals surface area contributed by atoms with Crippen LogP contribution in [-0.2, 0) is 10.2 Å². The van der Waals surface area contributed by atoms with Crippen molar-refractivity contribution >= 4 is 26.4 Å². The fourth-order valence-corrected chi connectivity index (χ4v) is 3.35. The van der Waals surface area contributed by atoms with Gasteiger partial charge in [-0.1, -0.05) is 19.9 Å². The van der Waals surface area contributed by atoms with Crippen LogP contribution >= 0.6 is 22.6 Å². The van der Waals surface area contributed by atoms with Crippen LogP contribution in [0.25, 0.3) is 0 Å². The van der Waals surface area contributed by atoms with Gasteiger partial charge in [-0.25, -0.2) is 0 Å². The molecule has 17 heavy (non-hydrogen) atoms. The monoisotopic (exact) mass is 346 g/mol. The zero-order chi connectivity index (χ0) is 13.2. The van der Waals surface area contributed by atoms with Gasteiger partial charge in [-0.3, -0.25) is 4.79 Å². The molecule has 1 aromatic carbocycles. The van der Waals surface area contributed by atoms with Crippen LogP contribution in [0.15, 0.2) is 12.1 Å². The molecule has 0 heterocycles. The molecule has 0 bridgehead atoms. The van der Waals surface area contributed by atoms with Crippen LogP contribution in [0.1, 0.15) is 37.0 Å². The number of ether oxygens (including phenoxy) is 1. The summed E-state index contributed by atoms with van der Waals surface area (Å²) >= 11 is 1.86. The van der Waals surface area contributed by atoms with Crippen LogP contribution in [0.5, 0.6) is 5.75 Å². The number of hydrogen-bond donors (Lipinski definition) is 0. The average Bonchev–Trinajstić information content (AvgIpc) is 2.13. The Hall–Kier alpha value is -0.580. The molecule has 0 aliphatic heterocycles. The van der Waals surface area contributed by atoms with E-state index in [4.69, 9.17) is 4.74 Å². The van der Waals surface area contributed by atoms with Crippen molar-refractivity contribution in [3.05, 3.63) is 28.8 Å². The first-order valence-electron chi connectivity index (χ1n) is 5.62. The summed E-state index contributed by atoms with van der Waals surface area (Å²) < 4.78 is 5.64. The molecular formula is C14H19IO2. The van der Waals surface area contributed by atoms with Gasteiger partial charge in [-0.05, 0) is 53.6 Å². The summed E-state index contributed by atoms with van der Waals surface area (Å²) in [6, 6.07) is 4.17. The highest BCUT2D eigenvalue weighted by molar-refractivity contribution is 14.1. The fourth-order valence-electron chi connectivity index (χ4n) is 2.39. The van der Waals surface area contributed by atoms with Crippen molar-refractivity contribution in [3.8, 4) is 5.75 Å². The van der Waals surface area contributed by atoms with Crippen LogP contribution in [0.3, 0.4) is 0 Å². The highest BCUT2D eigenvalue weighted by Crippen LogP contribution is 2.38. The maximum absolute atomic E-state index is 11.4. The van der Waals surface area contributed by atoms with E-state index in [0.29, 0.717) is 6.42 Å². The normalized spacial score (nSPS) is 11.4. The first-order valence-corrected chi connectivity index (χ1v) is 6.70. The molecule has 2 nitrogen and oxygen atoms in total. The molecule has 94 valence electrons. The van der Waals surface area contributed by atoms with Crippen molar-refractivity contribution in [2.24, 2.45) is 0 Å². The number of halogens is 1. The number of methoxy groups -OCH3 is 1. The van der Waals surface area contributed by atoms with E-state index in [1.165, 1.54) is 11.1 Å². The Morgan fingerprint density at radius 1 is 1.35 bits per heavy atom. The third-order valence-electron chi connectivity index (χ3n) is 2.92. The van der Waals surface area contributed by atoms with Gasteiger partial charge in [0.1, 0.15) is 5.75 Å². The summed E-state index contributed by atoms with van der Waals surface area (Å²) in [6.07, 6.45) is 0.522. The van der Waals surface area contributed by atoms with Crippen LogP contribution < -0.4 is 4.74 Å². The summed E-state index contributed by atoms with van der Waals surface area (Å²) in [5.41, 5.74) is 3.31. The van der Waals surface area contributed by atoms with E-state index in [-0.39, 0.29) is 9.20 Å². The van der Waals surface area contributed by atoms with Gasteiger partial charge in [0.05, 0.1) is 7.11 Å². The Kier molecular flexibility index (Phi) is 4.58. The summed E-state index contributed by atoms with van der Waals surface area (Å²) in [4.78, 5) is 11.4. The number of aryl methyl sites for hydroxylation is 2. The summed E-state index contributed by atoms with van der Waals surface area (Å²) in [6.45, 7) is 8.30. The molecule has 0 N–H and O–H groups in total. The van der Waals surface area contributed by atoms with Gasteiger partial charge in [0.25, 0.3) is 0 Å². The number of benzene rings is 1. The first-order chi connectivity index (χ1) is 7.77. The molecule has 0 spiro atoms. The molecular weight excluding hydrogens is 327 g/mol. The van der Waals surface area contributed by atoms with E-state index < -0.39 is 0 Å². The molecule has 0 saturated carbocycles. The van der Waals surface area contributed by atoms with Gasteiger partial charge in [-0.2, -0.15) is 0 Å². The summed E-state index contributed by atoms with van der Waals surface area (Å²) in [5.74, 6) is 0.880. The lowest BCUT2D eigenvalue weighted by Crippen LogP contribution is -2.22. The number of rotatable bonds is 4. The molecule has 0 aliphatic rings. The largest absolute Gasteiger partial charge is 0.496 e. The van der Waals surface area contributed by atoms with Gasteiger partial charge in [-0.15, -0.1) is 0 Å². The highest BCUT2D eigenvalue weighted by atomic mass is 127. The second-order valence-corrected chi connectivity index (χ2v) is 6.28. The number of carbonyl (C=O) groups is 1. The van der Waals surface area contributed by atoms with Crippen LogP contribution in [0.4, 0.5) is 0 Å². The lowest BCUT2D eigenvalue weighted by molar-refractivity contribution is -0.110. The third kappa shape index (κ3) is 3.44. The van der Waals surface area contributed by atoms with E-state index in [9.17, 15) is 4.79 Å². The predicted molar refractivity (Wildman–Crippen MR) is 79.1 cm³/mol. The maximum Gasteiger partial charge on any atom is 0.193 e. The van der Waals surface area contributed by atoms with Crippen molar-refractivity contribution in [1.82, 2.24) is 0 Å². The van der Waals surface area contributed by atoms with E-state index >= 15 is 0 Å².